The number of nitrogens with two attached hydrogens (primary N) is 1. The van der Waals surface area contributed by atoms with Crippen molar-refractivity contribution in [3.05, 3.63) is 77.9 Å². The molecule has 1 aliphatic rings. The summed E-state index contributed by atoms with van der Waals surface area (Å²) in [6.45, 7) is 1.77. The van der Waals surface area contributed by atoms with E-state index >= 15 is 0 Å². The SMILES string of the molecule is CC1=NN(c2ccc(S(N)(=O)=O)cc2)C(=O)/C1=C\c1cccc2ccccc12. The predicted molar refractivity (Wildman–Crippen MR) is 110 cm³/mol. The van der Waals surface area contributed by atoms with Gasteiger partial charge in [0, 0.05) is 0 Å². The molecule has 0 bridgehead atoms. The molecule has 0 saturated heterocycles. The minimum Gasteiger partial charge on any atom is -0.267 e. The highest BCUT2D eigenvalue weighted by Crippen LogP contribution is 2.27. The summed E-state index contributed by atoms with van der Waals surface area (Å²) in [6, 6.07) is 19.6. The molecular formula is C21H17N3O3S. The third-order valence-electron chi connectivity index (χ3n) is 4.60. The highest BCUT2D eigenvalue weighted by atomic mass is 32.2. The lowest BCUT2D eigenvalue weighted by Gasteiger charge is -2.12. The fraction of sp³-hybridized carbons (Fsp3) is 0.0476. The smallest absolute Gasteiger partial charge is 0.267 e. The molecule has 3 aromatic carbocycles. The Balaban J connectivity index is 1.71. The summed E-state index contributed by atoms with van der Waals surface area (Å²) in [5.74, 6) is -0.270. The first-order valence-electron chi connectivity index (χ1n) is 8.57. The van der Waals surface area contributed by atoms with Crippen LogP contribution in [0.1, 0.15) is 12.5 Å². The summed E-state index contributed by atoms with van der Waals surface area (Å²) >= 11 is 0. The molecule has 0 spiro atoms. The van der Waals surface area contributed by atoms with Gasteiger partial charge in [0.1, 0.15) is 0 Å². The van der Waals surface area contributed by atoms with E-state index in [1.54, 1.807) is 6.92 Å². The van der Waals surface area contributed by atoms with Gasteiger partial charge in [0.15, 0.2) is 0 Å². The molecule has 0 aromatic heterocycles. The maximum atomic E-state index is 12.9. The summed E-state index contributed by atoms with van der Waals surface area (Å²) in [5, 5.41) is 12.9. The van der Waals surface area contributed by atoms with Crippen LogP contribution in [0.15, 0.2) is 82.3 Å². The molecule has 1 aliphatic heterocycles. The summed E-state index contributed by atoms with van der Waals surface area (Å²) in [7, 11) is -3.79. The molecule has 0 radical (unpaired) electrons. The Bertz CT molecular complexity index is 1250. The van der Waals surface area contributed by atoms with Gasteiger partial charge in [0.25, 0.3) is 5.91 Å². The number of sulfonamides is 1. The number of anilines is 1. The number of hydrogen-bond acceptors (Lipinski definition) is 4. The van der Waals surface area contributed by atoms with E-state index in [1.807, 2.05) is 48.5 Å². The zero-order chi connectivity index (χ0) is 19.9. The van der Waals surface area contributed by atoms with Crippen molar-refractivity contribution in [2.75, 3.05) is 5.01 Å². The Labute approximate surface area is 162 Å². The van der Waals surface area contributed by atoms with Crippen LogP contribution in [0.4, 0.5) is 5.69 Å². The topological polar surface area (TPSA) is 92.8 Å². The number of primary sulfonamides is 1. The number of hydrogen-bond donors (Lipinski definition) is 1. The normalized spacial score (nSPS) is 16.1. The zero-order valence-electron chi connectivity index (χ0n) is 15.0. The first kappa shape index (κ1) is 18.1. The van der Waals surface area contributed by atoms with E-state index < -0.39 is 10.0 Å². The second-order valence-corrected chi connectivity index (χ2v) is 8.03. The molecule has 1 heterocycles. The second kappa shape index (κ2) is 6.70. The van der Waals surface area contributed by atoms with Crippen molar-refractivity contribution < 1.29 is 13.2 Å². The number of carbonyl (C=O) groups excluding carboxylic acids is 1. The van der Waals surface area contributed by atoms with Crippen molar-refractivity contribution in [1.82, 2.24) is 0 Å². The Morgan fingerprint density at radius 3 is 2.36 bits per heavy atom. The van der Waals surface area contributed by atoms with Crippen LogP contribution in [0.3, 0.4) is 0 Å². The van der Waals surface area contributed by atoms with Crippen LogP contribution in [0.5, 0.6) is 0 Å². The fourth-order valence-electron chi connectivity index (χ4n) is 3.17. The summed E-state index contributed by atoms with van der Waals surface area (Å²) in [6.07, 6.45) is 1.84. The molecule has 2 N–H and O–H groups in total. The van der Waals surface area contributed by atoms with E-state index in [0.29, 0.717) is 17.0 Å². The highest BCUT2D eigenvalue weighted by Gasteiger charge is 2.29. The van der Waals surface area contributed by atoms with Crippen molar-refractivity contribution in [3.8, 4) is 0 Å². The lowest BCUT2D eigenvalue weighted by atomic mass is 10.0. The van der Waals surface area contributed by atoms with Crippen LogP contribution in [0, 0.1) is 0 Å². The molecule has 0 saturated carbocycles. The van der Waals surface area contributed by atoms with Crippen LogP contribution in [0.25, 0.3) is 16.8 Å². The van der Waals surface area contributed by atoms with E-state index in [1.165, 1.54) is 29.3 Å². The van der Waals surface area contributed by atoms with Crippen molar-refractivity contribution in [2.45, 2.75) is 11.8 Å². The van der Waals surface area contributed by atoms with Gasteiger partial charge in [0.2, 0.25) is 10.0 Å². The van der Waals surface area contributed by atoms with E-state index in [0.717, 1.165) is 16.3 Å². The second-order valence-electron chi connectivity index (χ2n) is 6.47. The van der Waals surface area contributed by atoms with Crippen molar-refractivity contribution in [2.24, 2.45) is 10.2 Å². The number of benzene rings is 3. The molecule has 1 amide bonds. The van der Waals surface area contributed by atoms with Gasteiger partial charge in [0.05, 0.1) is 21.9 Å². The molecule has 0 atom stereocenters. The number of amides is 1. The molecule has 0 unspecified atom stereocenters. The molecule has 4 rings (SSSR count). The van der Waals surface area contributed by atoms with Crippen LogP contribution < -0.4 is 10.1 Å². The lowest BCUT2D eigenvalue weighted by Crippen LogP contribution is -2.21. The van der Waals surface area contributed by atoms with Crippen molar-refractivity contribution in [1.29, 1.82) is 0 Å². The average Bonchev–Trinajstić information content (AvgIpc) is 2.96. The molecule has 0 fully saturated rings. The summed E-state index contributed by atoms with van der Waals surface area (Å²) in [5.41, 5.74) is 2.49. The molecular weight excluding hydrogens is 374 g/mol. The lowest BCUT2D eigenvalue weighted by molar-refractivity contribution is -0.114. The first-order valence-corrected chi connectivity index (χ1v) is 10.1. The summed E-state index contributed by atoms with van der Waals surface area (Å²) in [4.78, 5) is 12.9. The van der Waals surface area contributed by atoms with Crippen molar-refractivity contribution in [3.63, 3.8) is 0 Å². The molecule has 7 heteroatoms. The largest absolute Gasteiger partial charge is 0.280 e. The maximum Gasteiger partial charge on any atom is 0.280 e. The number of rotatable bonds is 3. The van der Waals surface area contributed by atoms with Crippen LogP contribution in [-0.2, 0) is 14.8 Å². The van der Waals surface area contributed by atoms with Gasteiger partial charge in [-0.3, -0.25) is 4.79 Å². The van der Waals surface area contributed by atoms with Crippen molar-refractivity contribution >= 4 is 44.2 Å². The summed E-state index contributed by atoms with van der Waals surface area (Å²) < 4.78 is 22.8. The average molecular weight is 391 g/mol. The third kappa shape index (κ3) is 3.21. The van der Waals surface area contributed by atoms with Crippen LogP contribution in [0.2, 0.25) is 0 Å². The van der Waals surface area contributed by atoms with Crippen LogP contribution in [-0.4, -0.2) is 20.0 Å². The predicted octanol–water partition coefficient (Wildman–Crippen LogP) is 3.29. The Hall–Kier alpha value is -3.29. The minimum atomic E-state index is -3.79. The van der Waals surface area contributed by atoms with Gasteiger partial charge in [-0.1, -0.05) is 42.5 Å². The molecule has 6 nitrogen and oxygen atoms in total. The fourth-order valence-corrected chi connectivity index (χ4v) is 3.68. The van der Waals surface area contributed by atoms with Gasteiger partial charge < -0.3 is 0 Å². The quantitative estimate of drug-likeness (QED) is 0.694. The van der Waals surface area contributed by atoms with Gasteiger partial charge in [-0.2, -0.15) is 10.1 Å². The Morgan fingerprint density at radius 2 is 1.64 bits per heavy atom. The number of fused-ring (bicyclic) bond motifs is 1. The standard InChI is InChI=1S/C21H17N3O3S/c1-14-20(13-16-7-4-6-15-5-2-3-8-19(15)16)21(25)24(23-14)17-9-11-18(12-10-17)28(22,26)27/h2-13H,1H3,(H2,22,26,27)/b20-13-. The minimum absolute atomic E-state index is 0.0184. The Morgan fingerprint density at radius 1 is 0.964 bits per heavy atom. The van der Waals surface area contributed by atoms with E-state index in [4.69, 9.17) is 5.14 Å². The number of nitrogens with zero attached hydrogens (tertiary/aromatic N) is 2. The molecule has 0 aliphatic carbocycles. The molecule has 140 valence electrons. The molecule has 28 heavy (non-hydrogen) atoms. The van der Waals surface area contributed by atoms with Gasteiger partial charge in [-0.25, -0.2) is 13.6 Å². The maximum absolute atomic E-state index is 12.9. The molecule has 3 aromatic rings. The van der Waals surface area contributed by atoms with Gasteiger partial charge in [-0.05, 0) is 53.6 Å². The van der Waals surface area contributed by atoms with E-state index in [-0.39, 0.29) is 10.8 Å². The third-order valence-corrected chi connectivity index (χ3v) is 5.52. The number of hydrazone groups is 1. The zero-order valence-corrected chi connectivity index (χ0v) is 15.8. The Kier molecular flexibility index (Phi) is 4.33. The monoisotopic (exact) mass is 391 g/mol. The van der Waals surface area contributed by atoms with Crippen LogP contribution >= 0.6 is 0 Å². The van der Waals surface area contributed by atoms with E-state index in [2.05, 4.69) is 5.10 Å². The highest BCUT2D eigenvalue weighted by molar-refractivity contribution is 7.89. The van der Waals surface area contributed by atoms with E-state index in [9.17, 15) is 13.2 Å². The number of carbonyl (C=O) groups is 1. The first-order chi connectivity index (χ1) is 13.3. The van der Waals surface area contributed by atoms with Gasteiger partial charge >= 0.3 is 0 Å². The van der Waals surface area contributed by atoms with Gasteiger partial charge in [-0.15, -0.1) is 0 Å².